The van der Waals surface area contributed by atoms with Crippen LogP contribution in [-0.4, -0.2) is 63.2 Å². The standard InChI is InChI=1S/C22H25ClFN5O3S/c1-28(2)33(30)29-8-6-15(7-9-29)32-21-11-16-19(12-20(21)31-3)25-13-26-22(16)27-14-4-5-18(24)17(23)10-14/h4-5,10-13,15H,6-9H2,1-3H3,(H,25,26,27). The lowest BCUT2D eigenvalue weighted by molar-refractivity contribution is 0.131. The molecule has 1 aliphatic heterocycles. The van der Waals surface area contributed by atoms with Gasteiger partial charge in [0.1, 0.15) is 24.1 Å². The third-order valence-electron chi connectivity index (χ3n) is 5.33. The highest BCUT2D eigenvalue weighted by atomic mass is 35.5. The molecule has 0 saturated carbocycles. The second-order valence-electron chi connectivity index (χ2n) is 7.79. The topological polar surface area (TPSA) is 79.8 Å². The van der Waals surface area contributed by atoms with Crippen LogP contribution in [0.5, 0.6) is 11.5 Å². The van der Waals surface area contributed by atoms with Gasteiger partial charge in [0.25, 0.3) is 0 Å². The SMILES string of the molecule is COc1cc2ncnc(Nc3ccc(F)c(Cl)c3)c2cc1OC1CCN(S(=O)N(C)C)CC1. The molecule has 0 amide bonds. The van der Waals surface area contributed by atoms with Gasteiger partial charge in [-0.15, -0.1) is 0 Å². The van der Waals surface area contributed by atoms with E-state index in [-0.39, 0.29) is 11.1 Å². The number of ether oxygens (including phenoxy) is 2. The number of fused-ring (bicyclic) bond motifs is 1. The maximum atomic E-state index is 13.5. The van der Waals surface area contributed by atoms with Crippen LogP contribution in [0.2, 0.25) is 5.02 Å². The summed E-state index contributed by atoms with van der Waals surface area (Å²) in [6, 6.07) is 8.01. The number of aromatic nitrogens is 2. The number of halogens is 2. The van der Waals surface area contributed by atoms with E-state index in [0.717, 1.165) is 18.2 Å². The highest BCUT2D eigenvalue weighted by Crippen LogP contribution is 2.36. The third-order valence-corrected chi connectivity index (χ3v) is 7.05. The maximum Gasteiger partial charge on any atom is 0.172 e. The summed E-state index contributed by atoms with van der Waals surface area (Å²) in [5, 5.41) is 3.91. The van der Waals surface area contributed by atoms with Crippen LogP contribution >= 0.6 is 11.6 Å². The summed E-state index contributed by atoms with van der Waals surface area (Å²) in [5.74, 6) is 1.19. The summed E-state index contributed by atoms with van der Waals surface area (Å²) < 4.78 is 41.3. The lowest BCUT2D eigenvalue weighted by Crippen LogP contribution is -2.42. The van der Waals surface area contributed by atoms with Gasteiger partial charge >= 0.3 is 0 Å². The Kier molecular flexibility index (Phi) is 7.28. The number of piperidine rings is 1. The predicted molar refractivity (Wildman–Crippen MR) is 128 cm³/mol. The minimum Gasteiger partial charge on any atom is -0.493 e. The number of hydrogen-bond donors (Lipinski definition) is 1. The number of nitrogens with one attached hydrogen (secondary N) is 1. The number of nitrogens with zero attached hydrogens (tertiary/aromatic N) is 4. The number of methoxy groups -OCH3 is 1. The van der Waals surface area contributed by atoms with Crippen molar-refractivity contribution in [2.75, 3.05) is 39.6 Å². The molecule has 0 spiro atoms. The van der Waals surface area contributed by atoms with Gasteiger partial charge < -0.3 is 14.8 Å². The zero-order valence-corrected chi connectivity index (χ0v) is 20.1. The fraction of sp³-hybridized carbons (Fsp3) is 0.364. The zero-order valence-electron chi connectivity index (χ0n) is 18.5. The van der Waals surface area contributed by atoms with Crippen LogP contribution in [-0.2, 0) is 11.2 Å². The second-order valence-corrected chi connectivity index (χ2v) is 9.90. The van der Waals surface area contributed by atoms with Gasteiger partial charge in [-0.25, -0.2) is 27.2 Å². The van der Waals surface area contributed by atoms with E-state index in [2.05, 4.69) is 15.3 Å². The number of rotatable bonds is 7. The van der Waals surface area contributed by atoms with E-state index in [9.17, 15) is 8.60 Å². The van der Waals surface area contributed by atoms with Crippen LogP contribution in [0.1, 0.15) is 12.8 Å². The summed E-state index contributed by atoms with van der Waals surface area (Å²) in [4.78, 5) is 8.68. The van der Waals surface area contributed by atoms with Gasteiger partial charge in [0.2, 0.25) is 0 Å². The molecule has 33 heavy (non-hydrogen) atoms. The van der Waals surface area contributed by atoms with E-state index in [1.54, 1.807) is 37.6 Å². The Balaban J connectivity index is 1.57. The molecule has 1 saturated heterocycles. The summed E-state index contributed by atoms with van der Waals surface area (Å²) >= 11 is 4.77. The Morgan fingerprint density at radius 1 is 1.18 bits per heavy atom. The van der Waals surface area contributed by atoms with Crippen LogP contribution < -0.4 is 14.8 Å². The fourth-order valence-corrected chi connectivity index (χ4v) is 4.81. The Bertz CT molecular complexity index is 1170. The van der Waals surface area contributed by atoms with Crippen molar-refractivity contribution < 1.29 is 18.1 Å². The number of hydrogen-bond acceptors (Lipinski definition) is 6. The summed E-state index contributed by atoms with van der Waals surface area (Å²) in [7, 11) is 5.18. The molecule has 2 heterocycles. The lowest BCUT2D eigenvalue weighted by atomic mass is 10.1. The Labute approximate surface area is 199 Å². The first-order chi connectivity index (χ1) is 15.9. The van der Waals surface area contributed by atoms with Crippen LogP contribution in [0.3, 0.4) is 0 Å². The molecule has 1 atom stereocenters. The molecule has 4 rings (SSSR count). The van der Waals surface area contributed by atoms with Gasteiger partial charge in [0.15, 0.2) is 22.7 Å². The molecule has 1 N–H and O–H groups in total. The molecule has 0 radical (unpaired) electrons. The van der Waals surface area contributed by atoms with Gasteiger partial charge in [-0.1, -0.05) is 11.6 Å². The summed E-state index contributed by atoms with van der Waals surface area (Å²) in [6.07, 6.45) is 2.89. The van der Waals surface area contributed by atoms with Gasteiger partial charge in [0.05, 0.1) is 17.6 Å². The van der Waals surface area contributed by atoms with Gasteiger partial charge in [0, 0.05) is 44.3 Å². The molecule has 2 aromatic carbocycles. The van der Waals surface area contributed by atoms with Crippen molar-refractivity contribution >= 4 is 45.2 Å². The molecule has 1 aliphatic rings. The van der Waals surface area contributed by atoms with Crippen LogP contribution in [0, 0.1) is 5.82 Å². The van der Waals surface area contributed by atoms with Crippen molar-refractivity contribution in [3.05, 3.63) is 47.5 Å². The molecule has 1 unspecified atom stereocenters. The minimum absolute atomic E-state index is 0.0191. The van der Waals surface area contributed by atoms with Crippen molar-refractivity contribution in [1.82, 2.24) is 18.6 Å². The molecule has 8 nitrogen and oxygen atoms in total. The molecule has 176 valence electrons. The molecular weight excluding hydrogens is 469 g/mol. The van der Waals surface area contributed by atoms with E-state index >= 15 is 0 Å². The van der Waals surface area contributed by atoms with E-state index in [4.69, 9.17) is 21.1 Å². The Hall–Kier alpha value is -2.53. The number of benzene rings is 2. The Morgan fingerprint density at radius 3 is 2.61 bits per heavy atom. The Morgan fingerprint density at radius 2 is 1.94 bits per heavy atom. The van der Waals surface area contributed by atoms with E-state index in [1.807, 2.05) is 10.4 Å². The zero-order chi connectivity index (χ0) is 23.5. The molecular formula is C22H25ClFN5O3S. The van der Waals surface area contributed by atoms with Crippen molar-refractivity contribution in [3.63, 3.8) is 0 Å². The average Bonchev–Trinajstić information content (AvgIpc) is 2.81. The fourth-order valence-electron chi connectivity index (χ4n) is 3.64. The quantitative estimate of drug-likeness (QED) is 0.532. The van der Waals surface area contributed by atoms with E-state index < -0.39 is 17.0 Å². The van der Waals surface area contributed by atoms with Crippen LogP contribution in [0.4, 0.5) is 15.9 Å². The number of anilines is 2. The molecule has 1 aromatic heterocycles. The third kappa shape index (κ3) is 5.35. The lowest BCUT2D eigenvalue weighted by Gasteiger charge is -2.32. The van der Waals surface area contributed by atoms with Gasteiger partial charge in [-0.3, -0.25) is 0 Å². The molecule has 0 bridgehead atoms. The van der Waals surface area contributed by atoms with Gasteiger partial charge in [-0.05, 0) is 37.1 Å². The summed E-state index contributed by atoms with van der Waals surface area (Å²) in [5.41, 5.74) is 1.27. The second kappa shape index (κ2) is 10.2. The first-order valence-corrected chi connectivity index (χ1v) is 11.9. The molecule has 11 heteroatoms. The van der Waals surface area contributed by atoms with E-state index in [1.165, 1.54) is 18.5 Å². The van der Waals surface area contributed by atoms with Crippen molar-refractivity contribution in [3.8, 4) is 11.5 Å². The predicted octanol–water partition coefficient (Wildman–Crippen LogP) is 4.16. The monoisotopic (exact) mass is 493 g/mol. The van der Waals surface area contributed by atoms with Gasteiger partial charge in [-0.2, -0.15) is 0 Å². The highest BCUT2D eigenvalue weighted by Gasteiger charge is 2.26. The summed E-state index contributed by atoms with van der Waals surface area (Å²) in [6.45, 7) is 1.35. The normalized spacial score (nSPS) is 16.2. The van der Waals surface area contributed by atoms with E-state index in [0.29, 0.717) is 41.6 Å². The first kappa shape index (κ1) is 23.6. The molecule has 3 aromatic rings. The highest BCUT2D eigenvalue weighted by molar-refractivity contribution is 7.80. The molecule has 1 fully saturated rings. The van der Waals surface area contributed by atoms with Crippen molar-refractivity contribution in [1.29, 1.82) is 0 Å². The maximum absolute atomic E-state index is 13.5. The average molecular weight is 494 g/mol. The molecule has 0 aliphatic carbocycles. The van der Waals surface area contributed by atoms with Crippen LogP contribution in [0.15, 0.2) is 36.7 Å². The van der Waals surface area contributed by atoms with Crippen LogP contribution in [0.25, 0.3) is 10.9 Å². The first-order valence-electron chi connectivity index (χ1n) is 10.4. The van der Waals surface area contributed by atoms with Crippen molar-refractivity contribution in [2.45, 2.75) is 18.9 Å². The minimum atomic E-state index is -1.14. The van der Waals surface area contributed by atoms with Crippen molar-refractivity contribution in [2.24, 2.45) is 0 Å². The smallest absolute Gasteiger partial charge is 0.172 e. The largest absolute Gasteiger partial charge is 0.493 e.